The van der Waals surface area contributed by atoms with Crippen LogP contribution < -0.4 is 16.0 Å². The highest BCUT2D eigenvalue weighted by molar-refractivity contribution is 5.87. The molecule has 0 aliphatic carbocycles. The van der Waals surface area contributed by atoms with E-state index in [-0.39, 0.29) is 17.9 Å². The molecule has 0 bridgehead atoms. The van der Waals surface area contributed by atoms with Gasteiger partial charge in [0.05, 0.1) is 5.69 Å². The molecular weight excluding hydrogens is 504 g/mol. The van der Waals surface area contributed by atoms with Crippen molar-refractivity contribution in [3.63, 3.8) is 0 Å². The fraction of sp³-hybridized carbons (Fsp3) is 0.400. The Kier molecular flexibility index (Phi) is 8.16. The molecule has 2 aromatic carbocycles. The highest BCUT2D eigenvalue weighted by Crippen LogP contribution is 2.28. The van der Waals surface area contributed by atoms with Gasteiger partial charge in [0.15, 0.2) is 0 Å². The molecule has 0 unspecified atom stereocenters. The van der Waals surface area contributed by atoms with Gasteiger partial charge in [-0.25, -0.2) is 9.78 Å². The normalized spacial score (nSPS) is 16.3. The van der Waals surface area contributed by atoms with Crippen LogP contribution in [-0.2, 0) is 24.2 Å². The van der Waals surface area contributed by atoms with E-state index < -0.39 is 6.04 Å². The van der Waals surface area contributed by atoms with E-state index in [0.717, 1.165) is 60.8 Å². The summed E-state index contributed by atoms with van der Waals surface area (Å²) >= 11 is 0. The van der Waals surface area contributed by atoms with Crippen LogP contribution in [0, 0.1) is 0 Å². The number of amides is 3. The Balaban J connectivity index is 1.32. The Morgan fingerprint density at radius 1 is 0.975 bits per heavy atom. The van der Waals surface area contributed by atoms with Crippen LogP contribution in [0.5, 0.6) is 0 Å². The summed E-state index contributed by atoms with van der Waals surface area (Å²) in [6.07, 6.45) is 1.18. The van der Waals surface area contributed by atoms with E-state index >= 15 is 0 Å². The summed E-state index contributed by atoms with van der Waals surface area (Å²) in [6, 6.07) is 17.1. The number of carbonyl (C=O) groups excluding carboxylic acids is 2. The van der Waals surface area contributed by atoms with Crippen molar-refractivity contribution in [2.45, 2.75) is 25.4 Å². The number of hydrogen-bond acceptors (Lipinski definition) is 7. The first-order valence-electron chi connectivity index (χ1n) is 13.8. The summed E-state index contributed by atoms with van der Waals surface area (Å²) in [5, 5.41) is 3.00. The van der Waals surface area contributed by atoms with Crippen molar-refractivity contribution < 1.29 is 9.59 Å². The lowest BCUT2D eigenvalue weighted by Crippen LogP contribution is -2.52. The second-order valence-electron chi connectivity index (χ2n) is 10.8. The van der Waals surface area contributed by atoms with Crippen LogP contribution >= 0.6 is 0 Å². The largest absolute Gasteiger partial charge is 0.368 e. The molecule has 3 heterocycles. The van der Waals surface area contributed by atoms with E-state index in [9.17, 15) is 9.59 Å². The van der Waals surface area contributed by atoms with Crippen LogP contribution in [0.15, 0.2) is 54.6 Å². The molecule has 0 spiro atoms. The van der Waals surface area contributed by atoms with Gasteiger partial charge in [-0.05, 0) is 36.2 Å². The van der Waals surface area contributed by atoms with Gasteiger partial charge in [0, 0.05) is 71.4 Å². The number of nitrogens with zero attached hydrogens (tertiary/aromatic N) is 6. The number of nitrogens with two attached hydrogens (primary N) is 1. The molecule has 1 atom stereocenters. The van der Waals surface area contributed by atoms with Crippen molar-refractivity contribution in [1.82, 2.24) is 30.0 Å². The average molecular weight is 543 g/mol. The number of carbonyl (C=O) groups is 2. The summed E-state index contributed by atoms with van der Waals surface area (Å²) in [5.74, 6) is 0.957. The van der Waals surface area contributed by atoms with Gasteiger partial charge >= 0.3 is 6.03 Å². The highest BCUT2D eigenvalue weighted by atomic mass is 16.2. The maximum atomic E-state index is 13.4. The third-order valence-electron chi connectivity index (χ3n) is 7.68. The second-order valence-corrected chi connectivity index (χ2v) is 10.8. The molecule has 3 amide bonds. The third kappa shape index (κ3) is 6.34. The van der Waals surface area contributed by atoms with Crippen molar-refractivity contribution in [1.29, 1.82) is 0 Å². The molecule has 3 N–H and O–H groups in total. The van der Waals surface area contributed by atoms with Gasteiger partial charge < -0.3 is 30.7 Å². The van der Waals surface area contributed by atoms with Crippen LogP contribution in [0.1, 0.15) is 16.7 Å². The zero-order valence-corrected chi connectivity index (χ0v) is 23.5. The molecular formula is C30H38N8O2. The van der Waals surface area contributed by atoms with Crippen LogP contribution in [0.2, 0.25) is 0 Å². The maximum absolute atomic E-state index is 13.4. The first-order valence-corrected chi connectivity index (χ1v) is 13.8. The van der Waals surface area contributed by atoms with E-state index in [1.807, 2.05) is 36.4 Å². The fourth-order valence-corrected chi connectivity index (χ4v) is 5.29. The number of hydrogen-bond donors (Lipinski definition) is 2. The zero-order valence-electron chi connectivity index (χ0n) is 23.5. The van der Waals surface area contributed by atoms with Crippen molar-refractivity contribution in [2.24, 2.45) is 0 Å². The van der Waals surface area contributed by atoms with E-state index in [1.54, 1.807) is 19.0 Å². The smallest absolute Gasteiger partial charge is 0.318 e. The van der Waals surface area contributed by atoms with Gasteiger partial charge in [-0.2, -0.15) is 4.98 Å². The number of rotatable bonds is 6. The molecule has 2 aliphatic heterocycles. The van der Waals surface area contributed by atoms with Crippen molar-refractivity contribution in [2.75, 3.05) is 64.5 Å². The second kappa shape index (κ2) is 11.9. The third-order valence-corrected chi connectivity index (χ3v) is 7.68. The van der Waals surface area contributed by atoms with Gasteiger partial charge in [0.2, 0.25) is 11.9 Å². The first-order chi connectivity index (χ1) is 19.3. The Morgan fingerprint density at radius 2 is 1.73 bits per heavy atom. The van der Waals surface area contributed by atoms with Crippen LogP contribution in [0.4, 0.5) is 16.6 Å². The maximum Gasteiger partial charge on any atom is 0.318 e. The number of anilines is 2. The number of benzene rings is 2. The molecule has 2 aliphatic rings. The molecule has 40 heavy (non-hydrogen) atoms. The Morgan fingerprint density at radius 3 is 2.45 bits per heavy atom. The molecule has 5 rings (SSSR count). The molecule has 1 aromatic heterocycles. The highest BCUT2D eigenvalue weighted by Gasteiger charge is 2.27. The Bertz CT molecular complexity index is 1360. The van der Waals surface area contributed by atoms with Crippen LogP contribution in [0.25, 0.3) is 11.3 Å². The van der Waals surface area contributed by atoms with Crippen LogP contribution in [0.3, 0.4) is 0 Å². The molecule has 1 fully saturated rings. The predicted molar refractivity (Wildman–Crippen MR) is 157 cm³/mol. The lowest BCUT2D eigenvalue weighted by atomic mass is 9.96. The minimum Gasteiger partial charge on any atom is -0.368 e. The summed E-state index contributed by atoms with van der Waals surface area (Å²) in [6.45, 7) is 4.77. The van der Waals surface area contributed by atoms with Crippen LogP contribution in [-0.4, -0.2) is 96.5 Å². The summed E-state index contributed by atoms with van der Waals surface area (Å²) in [4.78, 5) is 43.2. The summed E-state index contributed by atoms with van der Waals surface area (Å²) < 4.78 is 0. The van der Waals surface area contributed by atoms with Crippen molar-refractivity contribution >= 4 is 23.7 Å². The van der Waals surface area contributed by atoms with Crippen molar-refractivity contribution in [3.05, 3.63) is 71.3 Å². The molecule has 210 valence electrons. The Hall–Kier alpha value is -4.18. The molecule has 10 heteroatoms. The molecule has 0 saturated carbocycles. The first kappa shape index (κ1) is 27.4. The fourth-order valence-electron chi connectivity index (χ4n) is 5.29. The zero-order chi connectivity index (χ0) is 28.2. The molecule has 3 aromatic rings. The SMILES string of the molecule is CN1CCN(c2cc(-c3ccc4c(c3)CN(C(=O)N[C@H](Cc3ccccc3)C(=O)N(C)C)CC4)nc(N)n2)CC1. The summed E-state index contributed by atoms with van der Waals surface area (Å²) in [7, 11) is 5.54. The average Bonchev–Trinajstić information content (AvgIpc) is 2.96. The topological polar surface area (TPSA) is 111 Å². The lowest BCUT2D eigenvalue weighted by molar-refractivity contribution is -0.130. The van der Waals surface area contributed by atoms with E-state index in [2.05, 4.69) is 50.3 Å². The Labute approximate surface area is 235 Å². The number of nitrogens with one attached hydrogen (secondary N) is 1. The number of likely N-dealkylation sites (N-methyl/N-ethyl adjacent to an activating group) is 2. The number of aromatic nitrogens is 2. The number of piperazine rings is 1. The minimum absolute atomic E-state index is 0.130. The van der Waals surface area contributed by atoms with Gasteiger partial charge in [-0.1, -0.05) is 42.5 Å². The monoisotopic (exact) mass is 542 g/mol. The number of fused-ring (bicyclic) bond motifs is 1. The van der Waals surface area contributed by atoms with E-state index in [0.29, 0.717) is 19.5 Å². The predicted octanol–water partition coefficient (Wildman–Crippen LogP) is 2.24. The van der Waals surface area contributed by atoms with Gasteiger partial charge in [-0.15, -0.1) is 0 Å². The van der Waals surface area contributed by atoms with Gasteiger partial charge in [-0.3, -0.25) is 4.79 Å². The quantitative estimate of drug-likeness (QED) is 0.492. The van der Waals surface area contributed by atoms with Gasteiger partial charge in [0.1, 0.15) is 11.9 Å². The minimum atomic E-state index is -0.644. The van der Waals surface area contributed by atoms with Crippen molar-refractivity contribution in [3.8, 4) is 11.3 Å². The number of nitrogen functional groups attached to an aromatic ring is 1. The van der Waals surface area contributed by atoms with E-state index in [1.165, 1.54) is 10.5 Å². The number of urea groups is 1. The lowest BCUT2D eigenvalue weighted by Gasteiger charge is -2.33. The molecule has 1 saturated heterocycles. The van der Waals surface area contributed by atoms with Gasteiger partial charge in [0.25, 0.3) is 0 Å². The molecule has 10 nitrogen and oxygen atoms in total. The standard InChI is InChI=1S/C30H38N8O2/c1-35(2)28(39)26(17-21-7-5-4-6-8-21)33-30(40)38-12-11-22-9-10-23(18-24(22)20-38)25-19-27(34-29(31)32-25)37-15-13-36(3)14-16-37/h4-10,18-19,26H,11-17,20H2,1-3H3,(H,33,40)(H2,31,32,34)/t26-/m1/s1. The molecule has 0 radical (unpaired) electrons. The summed E-state index contributed by atoms with van der Waals surface area (Å²) in [5.41, 5.74) is 11.1. The van der Waals surface area contributed by atoms with E-state index in [4.69, 9.17) is 5.73 Å².